The van der Waals surface area contributed by atoms with Crippen LogP contribution < -0.4 is 22.8 Å². The monoisotopic (exact) mass is 299 g/mol. The van der Waals surface area contributed by atoms with E-state index >= 15 is 0 Å². The molecule has 0 bridgehead atoms. The van der Waals surface area contributed by atoms with Gasteiger partial charge in [0.15, 0.2) is 0 Å². The smallest absolute Gasteiger partial charge is 0.398 e. The molecule has 0 fully saturated rings. The lowest BCUT2D eigenvalue weighted by atomic mass is 10.2. The Morgan fingerprint density at radius 3 is 2.27 bits per heavy atom. The first-order chi connectivity index (χ1) is 10.5. The van der Waals surface area contributed by atoms with E-state index in [0.29, 0.717) is 22.2 Å². The minimum Gasteiger partial charge on any atom is -0.398 e. The van der Waals surface area contributed by atoms with Crippen LogP contribution in [0, 0.1) is 0 Å². The fourth-order valence-electron chi connectivity index (χ4n) is 1.77. The first kappa shape index (κ1) is 15.0. The van der Waals surface area contributed by atoms with Gasteiger partial charge in [-0.1, -0.05) is 24.3 Å². The summed E-state index contributed by atoms with van der Waals surface area (Å²) in [5.74, 6) is -1.21. The third-order valence-electron chi connectivity index (χ3n) is 2.80. The lowest BCUT2D eigenvalue weighted by Gasteiger charge is -1.97. The highest BCUT2D eigenvalue weighted by Gasteiger charge is 2.01. The van der Waals surface area contributed by atoms with Gasteiger partial charge >= 0.3 is 11.4 Å². The number of nitrogen functional groups attached to an aromatic ring is 1. The van der Waals surface area contributed by atoms with Crippen molar-refractivity contribution in [3.8, 4) is 0 Å². The van der Waals surface area contributed by atoms with Gasteiger partial charge < -0.3 is 15.9 Å². The number of carbonyl (C=O) groups is 1. The van der Waals surface area contributed by atoms with Crippen LogP contribution >= 0.6 is 0 Å². The summed E-state index contributed by atoms with van der Waals surface area (Å²) in [6, 6.07) is 13.4. The number of aromatic nitrogens is 1. The van der Waals surface area contributed by atoms with Gasteiger partial charge in [-0.2, -0.15) is 0 Å². The number of fused-ring (bicyclic) bond motifs is 1. The number of carbonyl (C=O) groups excluding carboxylic acids is 1. The number of anilines is 1. The molecule has 3 aromatic rings. The summed E-state index contributed by atoms with van der Waals surface area (Å²) >= 11 is 0. The lowest BCUT2D eigenvalue weighted by Crippen LogP contribution is -2.13. The van der Waals surface area contributed by atoms with Crippen molar-refractivity contribution in [3.63, 3.8) is 0 Å². The third kappa shape index (κ3) is 3.40. The van der Waals surface area contributed by atoms with Gasteiger partial charge in [-0.25, -0.2) is 9.59 Å². The second kappa shape index (κ2) is 6.40. The molecule has 1 amide bonds. The van der Waals surface area contributed by atoms with Crippen molar-refractivity contribution in [2.24, 2.45) is 5.73 Å². The van der Waals surface area contributed by atoms with E-state index in [9.17, 15) is 14.4 Å². The maximum absolute atomic E-state index is 11.0. The van der Waals surface area contributed by atoms with Crippen molar-refractivity contribution in [2.45, 2.75) is 0 Å². The zero-order valence-electron chi connectivity index (χ0n) is 11.4. The number of primary amides is 1. The fourth-order valence-corrected chi connectivity index (χ4v) is 1.77. The summed E-state index contributed by atoms with van der Waals surface area (Å²) < 4.78 is 4.32. The average molecular weight is 299 g/mol. The van der Waals surface area contributed by atoms with Crippen molar-refractivity contribution in [1.29, 1.82) is 0 Å². The summed E-state index contributed by atoms with van der Waals surface area (Å²) in [5, 5.41) is 0.386. The number of rotatable bonds is 1. The third-order valence-corrected chi connectivity index (χ3v) is 2.80. The topological polar surface area (TPSA) is 132 Å². The first-order valence-electron chi connectivity index (χ1n) is 6.25. The molecule has 0 saturated carbocycles. The molecule has 22 heavy (non-hydrogen) atoms. The molecule has 0 saturated heterocycles. The molecule has 112 valence electrons. The van der Waals surface area contributed by atoms with Crippen molar-refractivity contribution < 1.29 is 9.21 Å². The number of para-hydroxylation sites is 2. The van der Waals surface area contributed by atoms with E-state index in [0.717, 1.165) is 0 Å². The molecule has 7 heteroatoms. The van der Waals surface area contributed by atoms with Crippen LogP contribution in [0.4, 0.5) is 5.69 Å². The van der Waals surface area contributed by atoms with Crippen LogP contribution in [0.2, 0.25) is 0 Å². The Balaban J connectivity index is 0.000000164. The van der Waals surface area contributed by atoms with Crippen molar-refractivity contribution in [3.05, 3.63) is 75.1 Å². The van der Waals surface area contributed by atoms with Crippen LogP contribution in [0.3, 0.4) is 0 Å². The molecule has 0 aliphatic carbocycles. The van der Waals surface area contributed by atoms with Gasteiger partial charge in [0.2, 0.25) is 0 Å². The van der Waals surface area contributed by atoms with Gasteiger partial charge in [-0.3, -0.25) is 9.78 Å². The Morgan fingerprint density at radius 1 is 1.00 bits per heavy atom. The molecule has 1 heterocycles. The highest BCUT2D eigenvalue weighted by atomic mass is 16.4. The zero-order chi connectivity index (χ0) is 16.1. The Bertz CT molecular complexity index is 927. The summed E-state index contributed by atoms with van der Waals surface area (Å²) in [6.45, 7) is 0. The number of hydrogen-bond donors (Lipinski definition) is 3. The predicted octanol–water partition coefficient (Wildman–Crippen LogP) is 0.849. The summed E-state index contributed by atoms with van der Waals surface area (Å²) in [7, 11) is 0. The van der Waals surface area contributed by atoms with Crippen LogP contribution in [0.5, 0.6) is 0 Å². The van der Waals surface area contributed by atoms with E-state index in [1.54, 1.807) is 48.5 Å². The molecule has 0 aliphatic heterocycles. The Morgan fingerprint density at radius 2 is 1.64 bits per heavy atom. The van der Waals surface area contributed by atoms with Crippen molar-refractivity contribution in [1.82, 2.24) is 4.98 Å². The van der Waals surface area contributed by atoms with E-state index in [1.807, 2.05) is 0 Å². The molecule has 7 nitrogen and oxygen atoms in total. The molecule has 0 spiro atoms. The van der Waals surface area contributed by atoms with E-state index in [2.05, 4.69) is 9.40 Å². The standard InChI is InChI=1S/C8H5NO3.C7H8N2O/c10-7-5-3-1-2-4-6(5)9-8(11)12-7;8-6-4-2-1-3-5(6)7(9)10/h1-4H,(H,9,11);1-4H,8H2,(H2,9,10). The number of amides is 1. The van der Waals surface area contributed by atoms with Crippen molar-refractivity contribution in [2.75, 3.05) is 5.73 Å². The Kier molecular flexibility index (Phi) is 4.38. The molecule has 0 atom stereocenters. The van der Waals surface area contributed by atoms with E-state index in [4.69, 9.17) is 11.5 Å². The molecule has 1 aromatic heterocycles. The minimum absolute atomic E-state index is 0.377. The number of hydrogen-bond acceptors (Lipinski definition) is 5. The van der Waals surface area contributed by atoms with Crippen LogP contribution in [0.25, 0.3) is 10.9 Å². The van der Waals surface area contributed by atoms with E-state index in [1.165, 1.54) is 0 Å². The molecule has 0 unspecified atom stereocenters. The van der Waals surface area contributed by atoms with Gasteiger partial charge in [-0.15, -0.1) is 0 Å². The van der Waals surface area contributed by atoms with Crippen LogP contribution in [-0.4, -0.2) is 10.9 Å². The summed E-state index contributed by atoms with van der Waals surface area (Å²) in [6.07, 6.45) is 0. The van der Waals surface area contributed by atoms with Crippen molar-refractivity contribution >= 4 is 22.5 Å². The van der Waals surface area contributed by atoms with Gasteiger partial charge in [0.25, 0.3) is 5.91 Å². The second-order valence-corrected chi connectivity index (χ2v) is 4.30. The maximum Gasteiger partial charge on any atom is 0.419 e. The van der Waals surface area contributed by atoms with Crippen LogP contribution in [0.15, 0.2) is 62.5 Å². The molecule has 3 rings (SSSR count). The quantitative estimate of drug-likeness (QED) is 0.573. The van der Waals surface area contributed by atoms with Gasteiger partial charge in [-0.05, 0) is 24.3 Å². The molecular formula is C15H13N3O4. The van der Waals surface area contributed by atoms with Crippen LogP contribution in [0.1, 0.15) is 10.4 Å². The molecule has 0 radical (unpaired) electrons. The van der Waals surface area contributed by atoms with Crippen LogP contribution in [-0.2, 0) is 0 Å². The highest BCUT2D eigenvalue weighted by Crippen LogP contribution is 2.08. The van der Waals surface area contributed by atoms with E-state index < -0.39 is 17.3 Å². The largest absolute Gasteiger partial charge is 0.419 e. The average Bonchev–Trinajstić information content (AvgIpc) is 2.48. The lowest BCUT2D eigenvalue weighted by molar-refractivity contribution is 0.100. The fraction of sp³-hybridized carbons (Fsp3) is 0. The van der Waals surface area contributed by atoms with Gasteiger partial charge in [0.1, 0.15) is 0 Å². The summed E-state index contributed by atoms with van der Waals surface area (Å²) in [5.41, 5.74) is 11.1. The SMILES string of the molecule is NC(=O)c1ccccc1N.O=c1[nH]c2ccccc2c(=O)o1. The normalized spacial score (nSPS) is 9.82. The maximum atomic E-state index is 11.0. The number of aromatic amines is 1. The van der Waals surface area contributed by atoms with Gasteiger partial charge in [0, 0.05) is 5.69 Å². The predicted molar refractivity (Wildman–Crippen MR) is 82.5 cm³/mol. The van der Waals surface area contributed by atoms with E-state index in [-0.39, 0.29) is 0 Å². The molecule has 0 aliphatic rings. The Labute approximate surface area is 124 Å². The number of nitrogens with one attached hydrogen (secondary N) is 1. The second-order valence-electron chi connectivity index (χ2n) is 4.30. The highest BCUT2D eigenvalue weighted by molar-refractivity contribution is 5.97. The Hall–Kier alpha value is -3.35. The van der Waals surface area contributed by atoms with Gasteiger partial charge in [0.05, 0.1) is 16.5 Å². The number of H-pyrrole nitrogens is 1. The number of nitrogens with two attached hydrogens (primary N) is 2. The first-order valence-corrected chi connectivity index (χ1v) is 6.25. The zero-order valence-corrected chi connectivity index (χ0v) is 11.4. The summed E-state index contributed by atoms with van der Waals surface area (Å²) in [4.78, 5) is 34.7. The minimum atomic E-state index is -0.723. The molecule has 5 N–H and O–H groups in total. The number of benzene rings is 2. The molecule has 2 aromatic carbocycles. The molecular weight excluding hydrogens is 286 g/mol.